The van der Waals surface area contributed by atoms with Crippen molar-refractivity contribution in [2.45, 2.75) is 18.2 Å². The molecule has 3 N–H and O–H groups in total. The van der Waals surface area contributed by atoms with E-state index in [0.29, 0.717) is 18.2 Å². The number of benzene rings is 1. The van der Waals surface area contributed by atoms with Crippen LogP contribution in [0.25, 0.3) is 0 Å². The lowest BCUT2D eigenvalue weighted by Gasteiger charge is -2.14. The van der Waals surface area contributed by atoms with Gasteiger partial charge in [-0.2, -0.15) is 0 Å². The third kappa shape index (κ3) is 3.63. The molecule has 1 unspecified atom stereocenters. The summed E-state index contributed by atoms with van der Waals surface area (Å²) in [6.07, 6.45) is 1.03. The van der Waals surface area contributed by atoms with Gasteiger partial charge in [0, 0.05) is 13.1 Å². The highest BCUT2D eigenvalue weighted by Gasteiger charge is 2.23. The Kier molecular flexibility index (Phi) is 4.90. The van der Waals surface area contributed by atoms with Crippen LogP contribution in [0.5, 0.6) is 0 Å². The number of rotatable bonds is 5. The van der Waals surface area contributed by atoms with Crippen LogP contribution >= 0.6 is 11.6 Å². The Hall–Kier alpha value is -0.820. The largest absolute Gasteiger partial charge is 0.398 e. The van der Waals surface area contributed by atoms with Crippen LogP contribution in [-0.4, -0.2) is 39.5 Å². The van der Waals surface area contributed by atoms with E-state index >= 15 is 0 Å². The number of likely N-dealkylation sites (tertiary alicyclic amines) is 1. The zero-order valence-corrected chi connectivity index (χ0v) is 13.0. The van der Waals surface area contributed by atoms with Crippen LogP contribution in [0, 0.1) is 5.92 Å². The molecule has 1 aromatic carbocycles. The van der Waals surface area contributed by atoms with Gasteiger partial charge in [0.1, 0.15) is 0 Å². The number of nitrogens with zero attached hydrogens (tertiary/aromatic N) is 1. The van der Waals surface area contributed by atoms with Crippen molar-refractivity contribution in [1.29, 1.82) is 0 Å². The van der Waals surface area contributed by atoms with Crippen molar-refractivity contribution in [2.24, 2.45) is 5.92 Å². The Morgan fingerprint density at radius 1 is 1.50 bits per heavy atom. The number of sulfonamides is 1. The lowest BCUT2D eigenvalue weighted by atomic mass is 10.1. The van der Waals surface area contributed by atoms with Gasteiger partial charge >= 0.3 is 0 Å². The Bertz CT molecular complexity index is 577. The van der Waals surface area contributed by atoms with E-state index in [2.05, 4.69) is 16.5 Å². The molecule has 5 nitrogen and oxygen atoms in total. The van der Waals surface area contributed by atoms with Crippen molar-refractivity contribution in [3.05, 3.63) is 23.2 Å². The molecule has 1 atom stereocenters. The fourth-order valence-corrected chi connectivity index (χ4v) is 3.74. The molecule has 0 spiro atoms. The van der Waals surface area contributed by atoms with E-state index < -0.39 is 10.0 Å². The highest BCUT2D eigenvalue weighted by atomic mass is 35.5. The first-order chi connectivity index (χ1) is 9.42. The van der Waals surface area contributed by atoms with Crippen LogP contribution in [0.3, 0.4) is 0 Å². The summed E-state index contributed by atoms with van der Waals surface area (Å²) in [7, 11) is -3.52. The van der Waals surface area contributed by atoms with E-state index in [1.54, 1.807) is 0 Å². The quantitative estimate of drug-likeness (QED) is 0.808. The summed E-state index contributed by atoms with van der Waals surface area (Å²) in [5.41, 5.74) is 5.96. The molecule has 20 heavy (non-hydrogen) atoms. The topological polar surface area (TPSA) is 75.4 Å². The molecular formula is C13H20ClN3O2S. The number of nitrogen functional groups attached to an aromatic ring is 1. The molecule has 7 heteroatoms. The van der Waals surface area contributed by atoms with Crippen molar-refractivity contribution in [3.8, 4) is 0 Å². The van der Waals surface area contributed by atoms with E-state index in [-0.39, 0.29) is 9.92 Å². The van der Waals surface area contributed by atoms with Gasteiger partial charge in [0.25, 0.3) is 0 Å². The van der Waals surface area contributed by atoms with Crippen molar-refractivity contribution in [3.63, 3.8) is 0 Å². The Morgan fingerprint density at radius 3 is 2.85 bits per heavy atom. The summed E-state index contributed by atoms with van der Waals surface area (Å²) in [5.74, 6) is 0.369. The fourth-order valence-electron chi connectivity index (χ4n) is 2.35. The maximum absolute atomic E-state index is 12.2. The number of halogens is 1. The van der Waals surface area contributed by atoms with Gasteiger partial charge in [0.15, 0.2) is 0 Å². The number of nitrogens with one attached hydrogen (secondary N) is 1. The summed E-state index contributed by atoms with van der Waals surface area (Å²) in [6, 6.07) is 4.36. The first-order valence-corrected chi connectivity index (χ1v) is 8.55. The van der Waals surface area contributed by atoms with E-state index in [9.17, 15) is 8.42 Å². The van der Waals surface area contributed by atoms with E-state index in [0.717, 1.165) is 26.1 Å². The smallest absolute Gasteiger partial charge is 0.240 e. The van der Waals surface area contributed by atoms with Gasteiger partial charge in [0.2, 0.25) is 10.0 Å². The first kappa shape index (κ1) is 15.6. The Balaban J connectivity index is 1.99. The maximum Gasteiger partial charge on any atom is 0.240 e. The van der Waals surface area contributed by atoms with Crippen molar-refractivity contribution in [2.75, 3.05) is 31.9 Å². The summed E-state index contributed by atoms with van der Waals surface area (Å²) in [6.45, 7) is 5.57. The zero-order chi connectivity index (χ0) is 14.8. The van der Waals surface area contributed by atoms with Crippen molar-refractivity contribution < 1.29 is 8.42 Å². The molecule has 1 saturated heterocycles. The van der Waals surface area contributed by atoms with Gasteiger partial charge in [-0.05, 0) is 43.6 Å². The average molecular weight is 318 g/mol. The van der Waals surface area contributed by atoms with Crippen LogP contribution in [-0.2, 0) is 10.0 Å². The van der Waals surface area contributed by atoms with Crippen LogP contribution in [0.15, 0.2) is 23.1 Å². The molecule has 0 bridgehead atoms. The van der Waals surface area contributed by atoms with Gasteiger partial charge in [-0.25, -0.2) is 13.1 Å². The highest BCUT2D eigenvalue weighted by molar-refractivity contribution is 7.89. The molecule has 1 heterocycles. The van der Waals surface area contributed by atoms with Gasteiger partial charge in [0.05, 0.1) is 15.6 Å². The van der Waals surface area contributed by atoms with E-state index in [1.807, 2.05) is 0 Å². The van der Waals surface area contributed by atoms with Crippen LogP contribution < -0.4 is 10.5 Å². The molecule has 0 aliphatic carbocycles. The van der Waals surface area contributed by atoms with Gasteiger partial charge < -0.3 is 10.6 Å². The van der Waals surface area contributed by atoms with Gasteiger partial charge in [-0.3, -0.25) is 0 Å². The molecule has 2 rings (SSSR count). The summed E-state index contributed by atoms with van der Waals surface area (Å²) >= 11 is 5.86. The Morgan fingerprint density at radius 2 is 2.25 bits per heavy atom. The number of anilines is 1. The minimum atomic E-state index is -3.52. The maximum atomic E-state index is 12.2. The molecule has 1 aliphatic heterocycles. The number of hydrogen-bond donors (Lipinski definition) is 2. The highest BCUT2D eigenvalue weighted by Crippen LogP contribution is 2.22. The monoisotopic (exact) mass is 317 g/mol. The van der Waals surface area contributed by atoms with Crippen molar-refractivity contribution >= 4 is 27.3 Å². The third-order valence-electron chi connectivity index (χ3n) is 3.66. The van der Waals surface area contributed by atoms with Gasteiger partial charge in [-0.15, -0.1) is 0 Å². The minimum absolute atomic E-state index is 0.155. The summed E-state index contributed by atoms with van der Waals surface area (Å²) < 4.78 is 27.0. The first-order valence-electron chi connectivity index (χ1n) is 6.69. The molecule has 1 fully saturated rings. The minimum Gasteiger partial charge on any atom is -0.398 e. The fraction of sp³-hybridized carbons (Fsp3) is 0.538. The number of hydrogen-bond acceptors (Lipinski definition) is 4. The zero-order valence-electron chi connectivity index (χ0n) is 11.5. The molecule has 0 saturated carbocycles. The van der Waals surface area contributed by atoms with Crippen LogP contribution in [0.1, 0.15) is 13.3 Å². The molecule has 0 radical (unpaired) electrons. The van der Waals surface area contributed by atoms with E-state index in [1.165, 1.54) is 18.2 Å². The molecule has 0 aromatic heterocycles. The van der Waals surface area contributed by atoms with Crippen molar-refractivity contribution in [1.82, 2.24) is 9.62 Å². The summed E-state index contributed by atoms with van der Waals surface area (Å²) in [5, 5.41) is 0.255. The molecule has 1 aliphatic rings. The molecule has 112 valence electrons. The second kappa shape index (κ2) is 6.30. The van der Waals surface area contributed by atoms with Crippen LogP contribution in [0.2, 0.25) is 5.02 Å². The lowest BCUT2D eigenvalue weighted by Crippen LogP contribution is -2.31. The SMILES string of the molecule is CCN1CCC(CNS(=O)(=O)c2ccc(N)c(Cl)c2)C1. The Labute approximate surface area is 125 Å². The predicted molar refractivity (Wildman–Crippen MR) is 81.3 cm³/mol. The van der Waals surface area contributed by atoms with E-state index in [4.69, 9.17) is 17.3 Å². The summed E-state index contributed by atoms with van der Waals surface area (Å²) in [4.78, 5) is 2.47. The predicted octanol–water partition coefficient (Wildman–Crippen LogP) is 1.54. The lowest BCUT2D eigenvalue weighted by molar-refractivity contribution is 0.342. The standard InChI is InChI=1S/C13H20ClN3O2S/c1-2-17-6-5-10(9-17)8-16-20(18,19)11-3-4-13(15)12(14)7-11/h3-4,7,10,16H,2,5-6,8-9,15H2,1H3. The second-order valence-corrected chi connectivity index (χ2v) is 7.26. The van der Waals surface area contributed by atoms with Gasteiger partial charge in [-0.1, -0.05) is 18.5 Å². The van der Waals surface area contributed by atoms with Crippen LogP contribution in [0.4, 0.5) is 5.69 Å². The molecular weight excluding hydrogens is 298 g/mol. The average Bonchev–Trinajstić information content (AvgIpc) is 2.87. The molecule has 1 aromatic rings. The number of nitrogens with two attached hydrogens (primary N) is 1. The second-order valence-electron chi connectivity index (χ2n) is 5.08. The normalized spacial score (nSPS) is 20.4. The third-order valence-corrected chi connectivity index (χ3v) is 5.41. The molecule has 0 amide bonds.